The van der Waals surface area contributed by atoms with Crippen LogP contribution in [0, 0.1) is 11.8 Å². The number of hydrogen-bond donors (Lipinski definition) is 1. The van der Waals surface area contributed by atoms with Gasteiger partial charge in [0.25, 0.3) is 0 Å². The van der Waals surface area contributed by atoms with E-state index < -0.39 is 0 Å². The first-order valence-corrected chi connectivity index (χ1v) is 8.94. The molecule has 0 atom stereocenters. The number of guanidine groups is 1. The van der Waals surface area contributed by atoms with E-state index in [1.807, 2.05) is 6.92 Å². The topological polar surface area (TPSA) is 53.9 Å². The molecule has 0 aromatic rings. The van der Waals surface area contributed by atoms with Gasteiger partial charge in [0, 0.05) is 26.2 Å². The normalized spacial score (nSPS) is 19.2. The van der Waals surface area contributed by atoms with Crippen molar-refractivity contribution in [2.45, 2.75) is 52.4 Å². The fourth-order valence-corrected chi connectivity index (χ4v) is 2.98. The van der Waals surface area contributed by atoms with Gasteiger partial charge >= 0.3 is 5.97 Å². The maximum Gasteiger partial charge on any atom is 0.309 e. The van der Waals surface area contributed by atoms with Gasteiger partial charge in [-0.25, -0.2) is 0 Å². The number of rotatable bonds is 7. The monoisotopic (exact) mass is 437 g/mol. The second-order valence-electron chi connectivity index (χ2n) is 6.33. The molecule has 0 amide bonds. The third kappa shape index (κ3) is 7.27. The Morgan fingerprint density at radius 2 is 1.91 bits per heavy atom. The van der Waals surface area contributed by atoms with Crippen LogP contribution >= 0.6 is 24.0 Å². The van der Waals surface area contributed by atoms with Crippen molar-refractivity contribution >= 4 is 35.9 Å². The summed E-state index contributed by atoms with van der Waals surface area (Å²) in [5, 5.41) is 3.39. The van der Waals surface area contributed by atoms with E-state index in [4.69, 9.17) is 9.73 Å². The fourth-order valence-electron chi connectivity index (χ4n) is 2.98. The predicted octanol–water partition coefficient (Wildman–Crippen LogP) is 3.04. The van der Waals surface area contributed by atoms with Crippen LogP contribution in [0.3, 0.4) is 0 Å². The van der Waals surface area contributed by atoms with Crippen LogP contribution in [0.25, 0.3) is 0 Å². The molecule has 2 fully saturated rings. The molecule has 0 spiro atoms. The zero-order chi connectivity index (χ0) is 15.8. The molecular formula is C17H32IN3O2. The Kier molecular flexibility index (Phi) is 9.90. The first-order chi connectivity index (χ1) is 10.7. The molecule has 1 saturated heterocycles. The van der Waals surface area contributed by atoms with Crippen molar-refractivity contribution in [2.24, 2.45) is 16.8 Å². The number of esters is 1. The van der Waals surface area contributed by atoms with Gasteiger partial charge in [0.15, 0.2) is 5.96 Å². The van der Waals surface area contributed by atoms with Crippen LogP contribution in [0.15, 0.2) is 4.99 Å². The molecule has 23 heavy (non-hydrogen) atoms. The van der Waals surface area contributed by atoms with Crippen molar-refractivity contribution in [2.75, 3.05) is 32.8 Å². The maximum absolute atomic E-state index is 11.8. The standard InChI is InChI=1S/C17H31N3O2.HI/c1-3-18-17(19-11-5-6-14-7-8-14)20-12-9-15(10-13-20)16(21)22-4-2;/h14-15H,3-13H2,1-2H3,(H,18,19);1H. The van der Waals surface area contributed by atoms with E-state index in [0.29, 0.717) is 6.61 Å². The van der Waals surface area contributed by atoms with Crippen LogP contribution in [-0.2, 0) is 9.53 Å². The fraction of sp³-hybridized carbons (Fsp3) is 0.882. The Hall–Kier alpha value is -0.530. The minimum atomic E-state index is -0.0338. The number of nitrogens with one attached hydrogen (secondary N) is 1. The summed E-state index contributed by atoms with van der Waals surface area (Å²) in [6.07, 6.45) is 7.10. The highest BCUT2D eigenvalue weighted by atomic mass is 127. The third-order valence-electron chi connectivity index (χ3n) is 4.48. The van der Waals surface area contributed by atoms with E-state index in [1.165, 1.54) is 25.7 Å². The van der Waals surface area contributed by atoms with Gasteiger partial charge in [-0.05, 0) is 45.4 Å². The molecule has 0 aromatic carbocycles. The number of carbonyl (C=O) groups excluding carboxylic acids is 1. The molecule has 1 heterocycles. The molecule has 1 N–H and O–H groups in total. The van der Waals surface area contributed by atoms with Crippen molar-refractivity contribution in [1.29, 1.82) is 0 Å². The Labute approximate surface area is 157 Å². The molecule has 1 aliphatic carbocycles. The van der Waals surface area contributed by atoms with Gasteiger partial charge in [-0.15, -0.1) is 24.0 Å². The number of nitrogens with zero attached hydrogens (tertiary/aromatic N) is 2. The van der Waals surface area contributed by atoms with Crippen molar-refractivity contribution in [3.63, 3.8) is 0 Å². The number of aliphatic imine (C=N–C) groups is 1. The molecular weight excluding hydrogens is 405 g/mol. The molecule has 0 aromatic heterocycles. The van der Waals surface area contributed by atoms with E-state index in [0.717, 1.165) is 50.9 Å². The van der Waals surface area contributed by atoms with E-state index >= 15 is 0 Å². The van der Waals surface area contributed by atoms with Crippen LogP contribution in [-0.4, -0.2) is 49.6 Å². The summed E-state index contributed by atoms with van der Waals surface area (Å²) in [5.74, 6) is 2.03. The molecule has 1 aliphatic heterocycles. The summed E-state index contributed by atoms with van der Waals surface area (Å²) < 4.78 is 5.13. The van der Waals surface area contributed by atoms with Crippen LogP contribution in [0.5, 0.6) is 0 Å². The second kappa shape index (κ2) is 11.1. The smallest absolute Gasteiger partial charge is 0.309 e. The molecule has 6 heteroatoms. The molecule has 2 aliphatic rings. The zero-order valence-corrected chi connectivity index (χ0v) is 16.9. The van der Waals surface area contributed by atoms with Crippen molar-refractivity contribution in [1.82, 2.24) is 10.2 Å². The van der Waals surface area contributed by atoms with Gasteiger partial charge in [-0.3, -0.25) is 9.79 Å². The van der Waals surface area contributed by atoms with E-state index in [1.54, 1.807) is 0 Å². The number of hydrogen-bond acceptors (Lipinski definition) is 3. The summed E-state index contributed by atoms with van der Waals surface area (Å²) in [6.45, 7) is 8.02. The molecule has 5 nitrogen and oxygen atoms in total. The highest BCUT2D eigenvalue weighted by molar-refractivity contribution is 14.0. The number of piperidine rings is 1. The number of halogens is 1. The van der Waals surface area contributed by atoms with Crippen LogP contribution < -0.4 is 5.32 Å². The SMILES string of the molecule is CCNC(=NCCCC1CC1)N1CCC(C(=O)OCC)CC1.I. The maximum atomic E-state index is 11.8. The minimum Gasteiger partial charge on any atom is -0.466 e. The van der Waals surface area contributed by atoms with Crippen LogP contribution in [0.1, 0.15) is 52.4 Å². The lowest BCUT2D eigenvalue weighted by atomic mass is 9.97. The lowest BCUT2D eigenvalue weighted by Gasteiger charge is -2.33. The van der Waals surface area contributed by atoms with Gasteiger partial charge in [0.2, 0.25) is 0 Å². The third-order valence-corrected chi connectivity index (χ3v) is 4.48. The molecule has 0 radical (unpaired) electrons. The highest BCUT2D eigenvalue weighted by Crippen LogP contribution is 2.33. The second-order valence-corrected chi connectivity index (χ2v) is 6.33. The zero-order valence-electron chi connectivity index (χ0n) is 14.6. The van der Waals surface area contributed by atoms with Gasteiger partial charge in [0.1, 0.15) is 0 Å². The largest absolute Gasteiger partial charge is 0.466 e. The Bertz CT molecular complexity index is 378. The van der Waals surface area contributed by atoms with Crippen molar-refractivity contribution < 1.29 is 9.53 Å². The lowest BCUT2D eigenvalue weighted by Crippen LogP contribution is -2.46. The van der Waals surface area contributed by atoms with Crippen molar-refractivity contribution in [3.8, 4) is 0 Å². The van der Waals surface area contributed by atoms with Crippen molar-refractivity contribution in [3.05, 3.63) is 0 Å². The van der Waals surface area contributed by atoms with E-state index in [-0.39, 0.29) is 35.9 Å². The lowest BCUT2D eigenvalue weighted by molar-refractivity contribution is -0.149. The Balaban J connectivity index is 0.00000264. The Morgan fingerprint density at radius 1 is 1.22 bits per heavy atom. The van der Waals surface area contributed by atoms with Gasteiger partial charge < -0.3 is 15.0 Å². The van der Waals surface area contributed by atoms with Gasteiger partial charge in [0.05, 0.1) is 12.5 Å². The molecule has 134 valence electrons. The first-order valence-electron chi connectivity index (χ1n) is 8.94. The summed E-state index contributed by atoms with van der Waals surface area (Å²) in [5.41, 5.74) is 0. The summed E-state index contributed by atoms with van der Waals surface area (Å²) >= 11 is 0. The van der Waals surface area contributed by atoms with Crippen LogP contribution in [0.2, 0.25) is 0 Å². The van der Waals surface area contributed by atoms with Gasteiger partial charge in [-0.2, -0.15) is 0 Å². The number of carbonyl (C=O) groups is 1. The average molecular weight is 437 g/mol. The first kappa shape index (κ1) is 20.5. The summed E-state index contributed by atoms with van der Waals surface area (Å²) in [6, 6.07) is 0. The average Bonchev–Trinajstić information content (AvgIpc) is 3.35. The molecule has 0 bridgehead atoms. The summed E-state index contributed by atoms with van der Waals surface area (Å²) in [4.78, 5) is 18.8. The van der Waals surface area contributed by atoms with E-state index in [2.05, 4.69) is 17.1 Å². The molecule has 2 rings (SSSR count). The van der Waals surface area contributed by atoms with Gasteiger partial charge in [-0.1, -0.05) is 12.8 Å². The van der Waals surface area contributed by atoms with Crippen LogP contribution in [0.4, 0.5) is 0 Å². The predicted molar refractivity (Wildman–Crippen MR) is 104 cm³/mol. The Morgan fingerprint density at radius 3 is 2.48 bits per heavy atom. The quantitative estimate of drug-likeness (QED) is 0.219. The molecule has 0 unspecified atom stereocenters. The number of likely N-dealkylation sites (tertiary alicyclic amines) is 1. The van der Waals surface area contributed by atoms with E-state index in [9.17, 15) is 4.79 Å². The summed E-state index contributed by atoms with van der Waals surface area (Å²) in [7, 11) is 0. The number of ether oxygens (including phenoxy) is 1. The molecule has 1 saturated carbocycles. The highest BCUT2D eigenvalue weighted by Gasteiger charge is 2.27. The minimum absolute atomic E-state index is 0.